The van der Waals surface area contributed by atoms with Crippen molar-refractivity contribution in [2.75, 3.05) is 24.5 Å². The molecule has 1 heterocycles. The molecule has 1 unspecified atom stereocenters. The molecule has 2 aliphatic rings. The predicted molar refractivity (Wildman–Crippen MR) is 97.5 cm³/mol. The van der Waals surface area contributed by atoms with Crippen LogP contribution in [0.2, 0.25) is 0 Å². The van der Waals surface area contributed by atoms with E-state index in [1.807, 2.05) is 0 Å². The first-order chi connectivity index (χ1) is 11.1. The Morgan fingerprint density at radius 3 is 2.65 bits per heavy atom. The monoisotopic (exact) mass is 379 g/mol. The van der Waals surface area contributed by atoms with Crippen molar-refractivity contribution in [3.05, 3.63) is 28.7 Å². The number of benzene rings is 1. The van der Waals surface area contributed by atoms with Crippen LogP contribution in [-0.2, 0) is 4.79 Å². The number of rotatable bonds is 4. The van der Waals surface area contributed by atoms with E-state index < -0.39 is 5.54 Å². The van der Waals surface area contributed by atoms with Crippen LogP contribution in [0, 0.1) is 5.92 Å². The van der Waals surface area contributed by atoms with Crippen LogP contribution in [0.3, 0.4) is 0 Å². The Bertz CT molecular complexity index is 540. The number of halogens is 1. The molecular formula is C18H26BrN3O. The predicted octanol–water partition coefficient (Wildman–Crippen LogP) is 3.05. The minimum atomic E-state index is -0.623. The lowest BCUT2D eigenvalue weighted by molar-refractivity contribution is -0.127. The normalized spacial score (nSPS) is 23.7. The van der Waals surface area contributed by atoms with Crippen LogP contribution in [0.25, 0.3) is 0 Å². The van der Waals surface area contributed by atoms with Gasteiger partial charge >= 0.3 is 0 Å². The van der Waals surface area contributed by atoms with Crippen LogP contribution >= 0.6 is 15.9 Å². The van der Waals surface area contributed by atoms with E-state index in [9.17, 15) is 4.79 Å². The Kier molecular flexibility index (Phi) is 5.27. The standard InChI is InChI=1S/C18H26BrN3O/c19-15-4-6-16(7-5-15)22-11-8-14(13-22)12-21-17(23)18(20)9-2-1-3-10-18/h4-7,14H,1-3,8-13,20H2,(H,21,23). The number of nitrogens with one attached hydrogen (secondary N) is 1. The van der Waals surface area contributed by atoms with Crippen LogP contribution in [0.5, 0.6) is 0 Å². The molecular weight excluding hydrogens is 354 g/mol. The molecule has 23 heavy (non-hydrogen) atoms. The number of anilines is 1. The molecule has 1 saturated heterocycles. The fourth-order valence-electron chi connectivity index (χ4n) is 3.71. The van der Waals surface area contributed by atoms with Gasteiger partial charge in [-0.25, -0.2) is 0 Å². The molecule has 0 aromatic heterocycles. The number of hydrogen-bond donors (Lipinski definition) is 2. The smallest absolute Gasteiger partial charge is 0.240 e. The molecule has 4 nitrogen and oxygen atoms in total. The summed E-state index contributed by atoms with van der Waals surface area (Å²) < 4.78 is 1.10. The number of hydrogen-bond acceptors (Lipinski definition) is 3. The van der Waals surface area contributed by atoms with Crippen molar-refractivity contribution in [1.82, 2.24) is 5.32 Å². The van der Waals surface area contributed by atoms with Crippen LogP contribution < -0.4 is 16.0 Å². The van der Waals surface area contributed by atoms with Crippen LogP contribution in [0.15, 0.2) is 28.7 Å². The largest absolute Gasteiger partial charge is 0.371 e. The Labute approximate surface area is 146 Å². The molecule has 0 bridgehead atoms. The van der Waals surface area contributed by atoms with Gasteiger partial charge in [0.2, 0.25) is 5.91 Å². The van der Waals surface area contributed by atoms with Crippen LogP contribution in [-0.4, -0.2) is 31.1 Å². The molecule has 5 heteroatoms. The second-order valence-corrected chi connectivity index (χ2v) is 7.92. The highest BCUT2D eigenvalue weighted by atomic mass is 79.9. The summed E-state index contributed by atoms with van der Waals surface area (Å²) in [4.78, 5) is 14.8. The van der Waals surface area contributed by atoms with E-state index >= 15 is 0 Å². The molecule has 3 rings (SSSR count). The highest BCUT2D eigenvalue weighted by Gasteiger charge is 2.35. The van der Waals surface area contributed by atoms with Gasteiger partial charge < -0.3 is 16.0 Å². The first-order valence-electron chi connectivity index (χ1n) is 8.64. The van der Waals surface area contributed by atoms with E-state index in [1.54, 1.807) is 0 Å². The second-order valence-electron chi connectivity index (χ2n) is 7.00. The molecule has 1 aliphatic heterocycles. The van der Waals surface area contributed by atoms with E-state index in [0.29, 0.717) is 5.92 Å². The van der Waals surface area contributed by atoms with Crippen molar-refractivity contribution in [2.45, 2.75) is 44.1 Å². The Morgan fingerprint density at radius 1 is 1.26 bits per heavy atom. The second kappa shape index (κ2) is 7.22. The zero-order chi connectivity index (χ0) is 16.3. The summed E-state index contributed by atoms with van der Waals surface area (Å²) in [6, 6.07) is 8.43. The van der Waals surface area contributed by atoms with Gasteiger partial charge in [-0.05, 0) is 49.4 Å². The molecule has 2 fully saturated rings. The average molecular weight is 380 g/mol. The molecule has 0 radical (unpaired) electrons. The molecule has 1 amide bonds. The van der Waals surface area contributed by atoms with E-state index in [2.05, 4.69) is 50.4 Å². The summed E-state index contributed by atoms with van der Waals surface area (Å²) in [6.45, 7) is 2.79. The van der Waals surface area contributed by atoms with Crippen molar-refractivity contribution >= 4 is 27.5 Å². The van der Waals surface area contributed by atoms with Gasteiger partial charge in [0.05, 0.1) is 5.54 Å². The third kappa shape index (κ3) is 4.07. The topological polar surface area (TPSA) is 58.4 Å². The number of amides is 1. The van der Waals surface area contributed by atoms with Crippen LogP contribution in [0.1, 0.15) is 38.5 Å². The summed E-state index contributed by atoms with van der Waals surface area (Å²) in [5.74, 6) is 0.564. The molecule has 1 aromatic carbocycles. The maximum atomic E-state index is 12.4. The van der Waals surface area contributed by atoms with Gasteiger partial charge in [0, 0.05) is 29.8 Å². The van der Waals surface area contributed by atoms with Crippen LogP contribution in [0.4, 0.5) is 5.69 Å². The molecule has 1 saturated carbocycles. The van der Waals surface area contributed by atoms with Gasteiger partial charge in [0.25, 0.3) is 0 Å². The summed E-state index contributed by atoms with van der Waals surface area (Å²) in [7, 11) is 0. The van der Waals surface area contributed by atoms with Gasteiger partial charge in [-0.15, -0.1) is 0 Å². The van der Waals surface area contributed by atoms with Crippen molar-refractivity contribution in [1.29, 1.82) is 0 Å². The summed E-state index contributed by atoms with van der Waals surface area (Å²) in [6.07, 6.45) is 6.13. The average Bonchev–Trinajstić information content (AvgIpc) is 3.03. The third-order valence-corrected chi connectivity index (χ3v) is 5.76. The number of carbonyl (C=O) groups excluding carboxylic acids is 1. The minimum absolute atomic E-state index is 0.0549. The van der Waals surface area contributed by atoms with E-state index in [1.165, 1.54) is 12.1 Å². The Balaban J connectivity index is 1.48. The van der Waals surface area contributed by atoms with Gasteiger partial charge in [-0.1, -0.05) is 35.2 Å². The van der Waals surface area contributed by atoms with Gasteiger partial charge in [-0.3, -0.25) is 4.79 Å². The fourth-order valence-corrected chi connectivity index (χ4v) is 3.97. The molecule has 1 aromatic rings. The zero-order valence-corrected chi connectivity index (χ0v) is 15.1. The van der Waals surface area contributed by atoms with Crippen molar-refractivity contribution in [2.24, 2.45) is 11.7 Å². The quantitative estimate of drug-likeness (QED) is 0.844. The zero-order valence-electron chi connectivity index (χ0n) is 13.6. The molecule has 1 atom stereocenters. The SMILES string of the molecule is NC1(C(=O)NCC2CCN(c3ccc(Br)cc3)C2)CCCCC1. The maximum absolute atomic E-state index is 12.4. The van der Waals surface area contributed by atoms with Gasteiger partial charge in [0.15, 0.2) is 0 Å². The molecule has 1 aliphatic carbocycles. The molecule has 126 valence electrons. The lowest BCUT2D eigenvalue weighted by Crippen LogP contribution is -2.55. The first-order valence-corrected chi connectivity index (χ1v) is 9.44. The number of nitrogens with two attached hydrogens (primary N) is 1. The van der Waals surface area contributed by atoms with Gasteiger partial charge in [-0.2, -0.15) is 0 Å². The van der Waals surface area contributed by atoms with E-state index in [4.69, 9.17) is 5.73 Å². The Morgan fingerprint density at radius 2 is 1.96 bits per heavy atom. The lowest BCUT2D eigenvalue weighted by Gasteiger charge is -2.32. The fraction of sp³-hybridized carbons (Fsp3) is 0.611. The minimum Gasteiger partial charge on any atom is -0.371 e. The first kappa shape index (κ1) is 16.8. The summed E-state index contributed by atoms with van der Waals surface area (Å²) >= 11 is 3.47. The van der Waals surface area contributed by atoms with Crippen molar-refractivity contribution < 1.29 is 4.79 Å². The Hall–Kier alpha value is -1.07. The van der Waals surface area contributed by atoms with Crippen molar-refractivity contribution in [3.63, 3.8) is 0 Å². The number of carbonyl (C=O) groups is 1. The molecule has 0 spiro atoms. The van der Waals surface area contributed by atoms with E-state index in [0.717, 1.165) is 56.2 Å². The lowest BCUT2D eigenvalue weighted by atomic mass is 9.82. The van der Waals surface area contributed by atoms with E-state index in [-0.39, 0.29) is 5.91 Å². The number of nitrogens with zero attached hydrogens (tertiary/aromatic N) is 1. The maximum Gasteiger partial charge on any atom is 0.240 e. The highest BCUT2D eigenvalue weighted by molar-refractivity contribution is 9.10. The highest BCUT2D eigenvalue weighted by Crippen LogP contribution is 2.27. The van der Waals surface area contributed by atoms with Gasteiger partial charge in [0.1, 0.15) is 0 Å². The molecule has 3 N–H and O–H groups in total. The third-order valence-electron chi connectivity index (χ3n) is 5.23. The summed E-state index contributed by atoms with van der Waals surface area (Å²) in [5, 5.41) is 3.12. The van der Waals surface area contributed by atoms with Crippen molar-refractivity contribution in [3.8, 4) is 0 Å². The summed E-state index contributed by atoms with van der Waals surface area (Å²) in [5.41, 5.74) is 6.92.